The van der Waals surface area contributed by atoms with Crippen LogP contribution < -0.4 is 0 Å². The van der Waals surface area contributed by atoms with E-state index in [0.29, 0.717) is 0 Å². The summed E-state index contributed by atoms with van der Waals surface area (Å²) in [4.78, 5) is 0. The van der Waals surface area contributed by atoms with Gasteiger partial charge in [0, 0.05) is 0 Å². The fourth-order valence-corrected chi connectivity index (χ4v) is 3.20. The fourth-order valence-electron chi connectivity index (χ4n) is 1.57. The predicted molar refractivity (Wildman–Crippen MR) is 47.4 cm³/mol. The van der Waals surface area contributed by atoms with E-state index in [4.69, 9.17) is 4.18 Å². The summed E-state index contributed by atoms with van der Waals surface area (Å²) in [6.45, 7) is 4.04. The molecule has 0 aliphatic carbocycles. The van der Waals surface area contributed by atoms with E-state index in [0.717, 1.165) is 25.7 Å². The zero-order chi connectivity index (χ0) is 9.19. The molecule has 0 aromatic rings. The quantitative estimate of drug-likeness (QED) is 0.636. The van der Waals surface area contributed by atoms with Crippen molar-refractivity contribution in [3.8, 4) is 0 Å². The minimum Gasteiger partial charge on any atom is -0.265 e. The van der Waals surface area contributed by atoms with Crippen molar-refractivity contribution in [1.82, 2.24) is 0 Å². The minimum absolute atomic E-state index is 0.0278. The molecule has 72 valence electrons. The average Bonchev–Trinajstić information content (AvgIpc) is 2.00. The normalized spacial score (nSPS) is 32.8. The third-order valence-corrected chi connectivity index (χ3v) is 3.99. The van der Waals surface area contributed by atoms with Crippen LogP contribution in [-0.4, -0.2) is 19.8 Å². The van der Waals surface area contributed by atoms with Gasteiger partial charge in [0.1, 0.15) is 5.25 Å². The fraction of sp³-hybridized carbons (Fsp3) is 1.00. The second-order valence-corrected chi connectivity index (χ2v) is 5.03. The molecular formula is C8H16O3S. The molecule has 4 heteroatoms. The maximum absolute atomic E-state index is 11.1. The molecule has 0 aromatic carbocycles. The van der Waals surface area contributed by atoms with Crippen LogP contribution in [0.1, 0.15) is 39.5 Å². The molecule has 0 N–H and O–H groups in total. The highest BCUT2D eigenvalue weighted by molar-refractivity contribution is 7.88. The van der Waals surface area contributed by atoms with Crippen LogP contribution in [0.2, 0.25) is 0 Å². The smallest absolute Gasteiger partial charge is 0.265 e. The summed E-state index contributed by atoms with van der Waals surface area (Å²) >= 11 is 0. The first-order valence-electron chi connectivity index (χ1n) is 4.54. The van der Waals surface area contributed by atoms with E-state index in [1.807, 2.05) is 13.8 Å². The highest BCUT2D eigenvalue weighted by Crippen LogP contribution is 2.31. The standard InChI is InChI=1S/C8H16O3S/c1-3-5-7-8(6-4-2)12(9,10)11-7/h7-8H,3-6H2,1-2H3/t7-,8+/m1/s1. The Balaban J connectivity index is 2.51. The highest BCUT2D eigenvalue weighted by atomic mass is 32.2. The Hall–Kier alpha value is -0.0900. The van der Waals surface area contributed by atoms with Gasteiger partial charge in [-0.3, -0.25) is 4.18 Å². The maximum atomic E-state index is 11.1. The van der Waals surface area contributed by atoms with Gasteiger partial charge in [-0.15, -0.1) is 0 Å². The van der Waals surface area contributed by atoms with Crippen LogP contribution in [0.25, 0.3) is 0 Å². The van der Waals surface area contributed by atoms with E-state index >= 15 is 0 Å². The summed E-state index contributed by atoms with van der Waals surface area (Å²) in [5, 5.41) is -0.220. The Kier molecular flexibility index (Phi) is 3.12. The SMILES string of the molecule is CCC[C@H]1OS(=O)(=O)[C@H]1CCC. The Morgan fingerprint density at radius 1 is 1.17 bits per heavy atom. The van der Waals surface area contributed by atoms with Gasteiger partial charge < -0.3 is 0 Å². The molecule has 12 heavy (non-hydrogen) atoms. The molecule has 0 aromatic heterocycles. The van der Waals surface area contributed by atoms with Crippen molar-refractivity contribution in [2.45, 2.75) is 50.9 Å². The van der Waals surface area contributed by atoms with E-state index < -0.39 is 10.1 Å². The van der Waals surface area contributed by atoms with Crippen LogP contribution in [0.15, 0.2) is 0 Å². The molecule has 0 amide bonds. The van der Waals surface area contributed by atoms with Crippen molar-refractivity contribution in [2.24, 2.45) is 0 Å². The molecule has 2 atom stereocenters. The topological polar surface area (TPSA) is 43.4 Å². The van der Waals surface area contributed by atoms with Crippen molar-refractivity contribution in [1.29, 1.82) is 0 Å². The first-order valence-corrected chi connectivity index (χ1v) is 6.01. The molecule has 3 nitrogen and oxygen atoms in total. The maximum Gasteiger partial charge on any atom is 0.273 e. The molecule has 0 saturated carbocycles. The van der Waals surface area contributed by atoms with Crippen LogP contribution in [0, 0.1) is 0 Å². The predicted octanol–water partition coefficient (Wildman–Crippen LogP) is 1.68. The van der Waals surface area contributed by atoms with Gasteiger partial charge in [0.25, 0.3) is 10.1 Å². The Bertz CT molecular complexity index is 233. The van der Waals surface area contributed by atoms with E-state index in [9.17, 15) is 8.42 Å². The molecule has 0 unspecified atom stereocenters. The third-order valence-electron chi connectivity index (χ3n) is 2.19. The molecule has 1 fully saturated rings. The second kappa shape index (κ2) is 3.75. The molecule has 0 radical (unpaired) electrons. The van der Waals surface area contributed by atoms with Gasteiger partial charge in [-0.25, -0.2) is 0 Å². The van der Waals surface area contributed by atoms with Crippen molar-refractivity contribution < 1.29 is 12.6 Å². The molecule has 1 heterocycles. The Morgan fingerprint density at radius 3 is 2.17 bits per heavy atom. The number of hydrogen-bond acceptors (Lipinski definition) is 3. The zero-order valence-electron chi connectivity index (χ0n) is 7.62. The van der Waals surface area contributed by atoms with Gasteiger partial charge in [-0.1, -0.05) is 26.7 Å². The van der Waals surface area contributed by atoms with Crippen LogP contribution in [0.5, 0.6) is 0 Å². The van der Waals surface area contributed by atoms with Crippen molar-refractivity contribution in [3.63, 3.8) is 0 Å². The summed E-state index contributed by atoms with van der Waals surface area (Å²) in [6, 6.07) is 0. The van der Waals surface area contributed by atoms with Crippen LogP contribution in [-0.2, 0) is 14.3 Å². The van der Waals surface area contributed by atoms with Crippen LogP contribution in [0.3, 0.4) is 0 Å². The summed E-state index contributed by atoms with van der Waals surface area (Å²) in [5.74, 6) is 0. The number of rotatable bonds is 4. The molecule has 1 rings (SSSR count). The van der Waals surface area contributed by atoms with Gasteiger partial charge >= 0.3 is 0 Å². The zero-order valence-corrected chi connectivity index (χ0v) is 8.43. The Labute approximate surface area is 74.2 Å². The van der Waals surface area contributed by atoms with E-state index in [1.54, 1.807) is 0 Å². The van der Waals surface area contributed by atoms with Crippen molar-refractivity contribution >= 4 is 10.1 Å². The van der Waals surface area contributed by atoms with Gasteiger partial charge in [-0.05, 0) is 12.8 Å². The molecule has 1 saturated heterocycles. The van der Waals surface area contributed by atoms with Crippen LogP contribution >= 0.6 is 0 Å². The third kappa shape index (κ3) is 1.80. The van der Waals surface area contributed by atoms with E-state index in [-0.39, 0.29) is 11.4 Å². The van der Waals surface area contributed by atoms with Crippen LogP contribution in [0.4, 0.5) is 0 Å². The molecular weight excluding hydrogens is 176 g/mol. The lowest BCUT2D eigenvalue weighted by Crippen LogP contribution is -2.49. The Morgan fingerprint density at radius 2 is 1.75 bits per heavy atom. The summed E-state index contributed by atoms with van der Waals surface area (Å²) in [5.41, 5.74) is 0. The molecule has 0 spiro atoms. The van der Waals surface area contributed by atoms with Gasteiger partial charge in [0.15, 0.2) is 0 Å². The monoisotopic (exact) mass is 192 g/mol. The lowest BCUT2D eigenvalue weighted by molar-refractivity contribution is 0.124. The number of hydrogen-bond donors (Lipinski definition) is 0. The largest absolute Gasteiger partial charge is 0.273 e. The van der Waals surface area contributed by atoms with Gasteiger partial charge in [0.2, 0.25) is 0 Å². The molecule has 1 aliphatic rings. The lowest BCUT2D eigenvalue weighted by atomic mass is 10.1. The summed E-state index contributed by atoms with van der Waals surface area (Å²) < 4.78 is 26.9. The average molecular weight is 192 g/mol. The van der Waals surface area contributed by atoms with Gasteiger partial charge in [0.05, 0.1) is 6.10 Å². The van der Waals surface area contributed by atoms with Crippen molar-refractivity contribution in [3.05, 3.63) is 0 Å². The van der Waals surface area contributed by atoms with Gasteiger partial charge in [-0.2, -0.15) is 8.42 Å². The van der Waals surface area contributed by atoms with E-state index in [1.165, 1.54) is 0 Å². The highest BCUT2D eigenvalue weighted by Gasteiger charge is 2.45. The first-order chi connectivity index (χ1) is 5.61. The van der Waals surface area contributed by atoms with E-state index in [2.05, 4.69) is 0 Å². The molecule has 1 aliphatic heterocycles. The summed E-state index contributed by atoms with van der Waals surface area (Å²) in [6.07, 6.45) is 3.48. The minimum atomic E-state index is -3.16. The lowest BCUT2D eigenvalue weighted by Gasteiger charge is -2.35. The van der Waals surface area contributed by atoms with Crippen molar-refractivity contribution in [2.75, 3.05) is 0 Å². The molecule has 0 bridgehead atoms. The second-order valence-electron chi connectivity index (χ2n) is 3.24. The first kappa shape index (κ1) is 9.99. The summed E-state index contributed by atoms with van der Waals surface area (Å²) in [7, 11) is -3.16.